The van der Waals surface area contributed by atoms with Crippen molar-refractivity contribution in [1.29, 1.82) is 0 Å². The van der Waals surface area contributed by atoms with Gasteiger partial charge < -0.3 is 5.32 Å². The lowest BCUT2D eigenvalue weighted by Crippen LogP contribution is -2.22. The molecule has 0 aliphatic rings. The van der Waals surface area contributed by atoms with Crippen molar-refractivity contribution in [2.45, 2.75) is 59.3 Å². The molecule has 1 heteroatoms. The number of hydrogen-bond acceptors (Lipinski definition) is 1. The number of nitrogens with one attached hydrogen (secondary N) is 1. The highest BCUT2D eigenvalue weighted by Crippen LogP contribution is 2.07. The van der Waals surface area contributed by atoms with Gasteiger partial charge in [-0.05, 0) is 31.8 Å². The maximum absolute atomic E-state index is 3.51. The SMILES string of the molecule is CCCCCC(C)CNCCCC. The Balaban J connectivity index is 3.05. The lowest BCUT2D eigenvalue weighted by atomic mass is 10.0. The minimum atomic E-state index is 0.864. The third kappa shape index (κ3) is 9.88. The normalized spacial score (nSPS) is 13.2. The van der Waals surface area contributed by atoms with Gasteiger partial charge in [-0.25, -0.2) is 0 Å². The van der Waals surface area contributed by atoms with Crippen molar-refractivity contribution >= 4 is 0 Å². The van der Waals surface area contributed by atoms with Crippen molar-refractivity contribution in [3.05, 3.63) is 0 Å². The van der Waals surface area contributed by atoms with E-state index in [2.05, 4.69) is 26.1 Å². The summed E-state index contributed by atoms with van der Waals surface area (Å²) in [6, 6.07) is 0. The van der Waals surface area contributed by atoms with E-state index in [4.69, 9.17) is 0 Å². The highest BCUT2D eigenvalue weighted by molar-refractivity contribution is 4.57. The van der Waals surface area contributed by atoms with Crippen LogP contribution in [0.1, 0.15) is 59.3 Å². The van der Waals surface area contributed by atoms with Crippen LogP contribution in [0, 0.1) is 5.92 Å². The molecular formula is C12H27N. The standard InChI is InChI=1S/C12H27N/c1-4-6-8-9-12(3)11-13-10-7-5-2/h12-13H,4-11H2,1-3H3. The Bertz CT molecular complexity index is 91.1. The summed E-state index contributed by atoms with van der Waals surface area (Å²) in [5, 5.41) is 3.51. The van der Waals surface area contributed by atoms with Crippen LogP contribution < -0.4 is 5.32 Å². The molecule has 1 N–H and O–H groups in total. The summed E-state index contributed by atoms with van der Waals surface area (Å²) in [7, 11) is 0. The lowest BCUT2D eigenvalue weighted by Gasteiger charge is -2.11. The monoisotopic (exact) mass is 185 g/mol. The average Bonchev–Trinajstić information content (AvgIpc) is 2.13. The smallest absolute Gasteiger partial charge is 0.00232 e. The number of unbranched alkanes of at least 4 members (excludes halogenated alkanes) is 3. The third-order valence-corrected chi connectivity index (χ3v) is 2.50. The molecule has 0 aliphatic carbocycles. The molecule has 1 atom stereocenters. The summed E-state index contributed by atoms with van der Waals surface area (Å²) < 4.78 is 0. The molecule has 0 bridgehead atoms. The number of hydrogen-bond donors (Lipinski definition) is 1. The largest absolute Gasteiger partial charge is 0.316 e. The lowest BCUT2D eigenvalue weighted by molar-refractivity contribution is 0.455. The van der Waals surface area contributed by atoms with Gasteiger partial charge in [0.05, 0.1) is 0 Å². The Morgan fingerprint density at radius 1 is 1.00 bits per heavy atom. The van der Waals surface area contributed by atoms with Gasteiger partial charge in [-0.15, -0.1) is 0 Å². The van der Waals surface area contributed by atoms with E-state index in [0.29, 0.717) is 0 Å². The van der Waals surface area contributed by atoms with Crippen LogP contribution in [-0.2, 0) is 0 Å². The highest BCUT2D eigenvalue weighted by Gasteiger charge is 1.99. The van der Waals surface area contributed by atoms with Gasteiger partial charge >= 0.3 is 0 Å². The molecule has 1 unspecified atom stereocenters. The van der Waals surface area contributed by atoms with Crippen molar-refractivity contribution in [1.82, 2.24) is 5.32 Å². The molecule has 0 spiro atoms. The fraction of sp³-hybridized carbons (Fsp3) is 1.00. The van der Waals surface area contributed by atoms with Crippen LogP contribution in [0.4, 0.5) is 0 Å². The van der Waals surface area contributed by atoms with E-state index in [-0.39, 0.29) is 0 Å². The van der Waals surface area contributed by atoms with Crippen LogP contribution in [0.3, 0.4) is 0 Å². The average molecular weight is 185 g/mol. The van der Waals surface area contributed by atoms with E-state index in [9.17, 15) is 0 Å². The predicted octanol–water partition coefficient (Wildman–Crippen LogP) is 3.59. The topological polar surface area (TPSA) is 12.0 Å². The van der Waals surface area contributed by atoms with E-state index in [0.717, 1.165) is 5.92 Å². The zero-order valence-electron chi connectivity index (χ0n) is 9.73. The van der Waals surface area contributed by atoms with E-state index >= 15 is 0 Å². The summed E-state index contributed by atoms with van der Waals surface area (Å²) in [5.74, 6) is 0.864. The zero-order valence-corrected chi connectivity index (χ0v) is 9.73. The Kier molecular flexibility index (Phi) is 10.0. The Morgan fingerprint density at radius 2 is 1.69 bits per heavy atom. The van der Waals surface area contributed by atoms with Gasteiger partial charge in [0, 0.05) is 0 Å². The summed E-state index contributed by atoms with van der Waals surface area (Å²) >= 11 is 0. The number of rotatable bonds is 9. The molecule has 80 valence electrons. The minimum Gasteiger partial charge on any atom is -0.316 e. The molecule has 0 aromatic rings. The van der Waals surface area contributed by atoms with Gasteiger partial charge in [0.15, 0.2) is 0 Å². The Morgan fingerprint density at radius 3 is 2.31 bits per heavy atom. The van der Waals surface area contributed by atoms with Gasteiger partial charge in [-0.3, -0.25) is 0 Å². The van der Waals surface area contributed by atoms with Crippen LogP contribution in [0.15, 0.2) is 0 Å². The van der Waals surface area contributed by atoms with Gasteiger partial charge in [-0.2, -0.15) is 0 Å². The first-order valence-corrected chi connectivity index (χ1v) is 6.02. The second-order valence-electron chi connectivity index (χ2n) is 4.16. The Labute approximate surface area is 84.3 Å². The highest BCUT2D eigenvalue weighted by atomic mass is 14.8. The van der Waals surface area contributed by atoms with Crippen LogP contribution in [0.25, 0.3) is 0 Å². The summed E-state index contributed by atoms with van der Waals surface area (Å²) in [6.45, 7) is 9.28. The molecule has 0 heterocycles. The molecular weight excluding hydrogens is 158 g/mol. The first-order chi connectivity index (χ1) is 6.31. The van der Waals surface area contributed by atoms with Crippen molar-refractivity contribution in [2.24, 2.45) is 5.92 Å². The minimum absolute atomic E-state index is 0.864. The van der Waals surface area contributed by atoms with Crippen LogP contribution in [0.5, 0.6) is 0 Å². The molecule has 0 amide bonds. The van der Waals surface area contributed by atoms with Crippen molar-refractivity contribution in [3.63, 3.8) is 0 Å². The molecule has 0 radical (unpaired) electrons. The van der Waals surface area contributed by atoms with Gasteiger partial charge in [0.2, 0.25) is 0 Å². The van der Waals surface area contributed by atoms with Crippen molar-refractivity contribution in [2.75, 3.05) is 13.1 Å². The van der Waals surface area contributed by atoms with Crippen molar-refractivity contribution < 1.29 is 0 Å². The zero-order chi connectivity index (χ0) is 9.94. The summed E-state index contributed by atoms with van der Waals surface area (Å²) in [5.41, 5.74) is 0. The summed E-state index contributed by atoms with van der Waals surface area (Å²) in [4.78, 5) is 0. The molecule has 13 heavy (non-hydrogen) atoms. The first-order valence-electron chi connectivity index (χ1n) is 6.02. The van der Waals surface area contributed by atoms with E-state index in [1.54, 1.807) is 0 Å². The maximum atomic E-state index is 3.51. The molecule has 0 fully saturated rings. The molecule has 0 aliphatic heterocycles. The molecule has 1 nitrogen and oxygen atoms in total. The fourth-order valence-corrected chi connectivity index (χ4v) is 1.50. The van der Waals surface area contributed by atoms with E-state index in [1.807, 2.05) is 0 Å². The van der Waals surface area contributed by atoms with E-state index in [1.165, 1.54) is 51.6 Å². The van der Waals surface area contributed by atoms with Crippen LogP contribution in [-0.4, -0.2) is 13.1 Å². The molecule has 0 saturated heterocycles. The van der Waals surface area contributed by atoms with Crippen molar-refractivity contribution in [3.8, 4) is 0 Å². The predicted molar refractivity (Wildman–Crippen MR) is 61.1 cm³/mol. The maximum Gasteiger partial charge on any atom is -0.00232 e. The van der Waals surface area contributed by atoms with Gasteiger partial charge in [0.25, 0.3) is 0 Å². The quantitative estimate of drug-likeness (QED) is 0.541. The van der Waals surface area contributed by atoms with Crippen LogP contribution >= 0.6 is 0 Å². The molecule has 0 saturated carbocycles. The first kappa shape index (κ1) is 13.0. The van der Waals surface area contributed by atoms with Gasteiger partial charge in [-0.1, -0.05) is 46.5 Å². The van der Waals surface area contributed by atoms with Crippen LogP contribution in [0.2, 0.25) is 0 Å². The second-order valence-corrected chi connectivity index (χ2v) is 4.16. The van der Waals surface area contributed by atoms with E-state index < -0.39 is 0 Å². The summed E-state index contributed by atoms with van der Waals surface area (Å²) in [6.07, 6.45) is 8.17. The van der Waals surface area contributed by atoms with Gasteiger partial charge in [0.1, 0.15) is 0 Å². The molecule has 0 rings (SSSR count). The third-order valence-electron chi connectivity index (χ3n) is 2.50. The molecule has 0 aromatic heterocycles. The fourth-order valence-electron chi connectivity index (χ4n) is 1.50. The Hall–Kier alpha value is -0.0400. The molecule has 0 aromatic carbocycles. The second kappa shape index (κ2) is 10.0.